The molecule has 1 aromatic rings. The van der Waals surface area contributed by atoms with Crippen LogP contribution in [0.1, 0.15) is 40.0 Å². The summed E-state index contributed by atoms with van der Waals surface area (Å²) in [4.78, 5) is 12.1. The monoisotopic (exact) mass is 379 g/mol. The van der Waals surface area contributed by atoms with Crippen LogP contribution in [0, 0.1) is 16.7 Å². The van der Waals surface area contributed by atoms with Crippen molar-refractivity contribution in [3.05, 3.63) is 12.7 Å². The van der Waals surface area contributed by atoms with E-state index in [4.69, 9.17) is 0 Å². The van der Waals surface area contributed by atoms with Crippen molar-refractivity contribution in [2.24, 2.45) is 21.8 Å². The zero-order valence-electron chi connectivity index (χ0n) is 15.0. The van der Waals surface area contributed by atoms with Gasteiger partial charge in [-0.15, -0.1) is 16.8 Å². The maximum Gasteiger partial charge on any atom is 0.250 e. The van der Waals surface area contributed by atoms with Crippen LogP contribution in [0.25, 0.3) is 0 Å². The Morgan fingerprint density at radius 2 is 2.28 bits per heavy atom. The average Bonchev–Trinajstić information content (AvgIpc) is 3.18. The van der Waals surface area contributed by atoms with E-state index in [0.29, 0.717) is 12.5 Å². The van der Waals surface area contributed by atoms with E-state index in [1.54, 1.807) is 6.08 Å². The molecule has 25 heavy (non-hydrogen) atoms. The van der Waals surface area contributed by atoms with Crippen molar-refractivity contribution in [3.63, 3.8) is 0 Å². The fraction of sp³-hybridized carbons (Fsp3) is 0.647. The van der Waals surface area contributed by atoms with Gasteiger partial charge in [-0.3, -0.25) is 4.79 Å². The van der Waals surface area contributed by atoms with E-state index in [0.717, 1.165) is 21.6 Å². The Labute approximate surface area is 157 Å². The van der Waals surface area contributed by atoms with Gasteiger partial charge in [0.25, 0.3) is 5.91 Å². The summed E-state index contributed by atoms with van der Waals surface area (Å²) in [5.74, 6) is 0.874. The molecule has 0 saturated heterocycles. The molecule has 2 aliphatic rings. The smallest absolute Gasteiger partial charge is 0.250 e. The number of nitrogens with one attached hydrogen (secondary N) is 2. The van der Waals surface area contributed by atoms with Crippen LogP contribution in [0.3, 0.4) is 0 Å². The summed E-state index contributed by atoms with van der Waals surface area (Å²) in [6, 6.07) is 0. The molecular formula is C17H25N5OS2. The second kappa shape index (κ2) is 7.07. The van der Waals surface area contributed by atoms with Gasteiger partial charge in [0.2, 0.25) is 5.13 Å². The van der Waals surface area contributed by atoms with Crippen LogP contribution in [-0.4, -0.2) is 34.1 Å². The van der Waals surface area contributed by atoms with Gasteiger partial charge in [-0.05, 0) is 30.6 Å². The first-order valence-corrected chi connectivity index (χ1v) is 10.3. The minimum absolute atomic E-state index is 0.0996. The lowest BCUT2D eigenvalue weighted by Crippen LogP contribution is -2.34. The maximum absolute atomic E-state index is 12.1. The van der Waals surface area contributed by atoms with E-state index in [2.05, 4.69) is 53.4 Å². The molecule has 2 atom stereocenters. The van der Waals surface area contributed by atoms with E-state index in [9.17, 15) is 4.79 Å². The molecule has 2 N–H and O–H groups in total. The first kappa shape index (κ1) is 18.4. The van der Waals surface area contributed by atoms with Crippen LogP contribution in [-0.2, 0) is 4.79 Å². The van der Waals surface area contributed by atoms with Crippen molar-refractivity contribution in [3.8, 4) is 0 Å². The van der Waals surface area contributed by atoms with Gasteiger partial charge in [-0.1, -0.05) is 49.9 Å². The van der Waals surface area contributed by atoms with E-state index in [-0.39, 0.29) is 22.5 Å². The van der Waals surface area contributed by atoms with Crippen LogP contribution in [0.5, 0.6) is 0 Å². The molecule has 2 aliphatic carbocycles. The minimum atomic E-state index is -0.0996. The number of carbonyl (C=O) groups is 1. The maximum atomic E-state index is 12.1. The number of anilines is 1. The van der Waals surface area contributed by atoms with Gasteiger partial charge in [0, 0.05) is 17.7 Å². The number of fused-ring (bicyclic) bond motifs is 2. The molecule has 1 heterocycles. The molecule has 0 radical (unpaired) electrons. The third-order valence-corrected chi connectivity index (χ3v) is 7.97. The summed E-state index contributed by atoms with van der Waals surface area (Å²) in [5.41, 5.74) is 4.28. The fourth-order valence-corrected chi connectivity index (χ4v) is 5.44. The number of hydrogen-bond acceptors (Lipinski definition) is 7. The Balaban J connectivity index is 1.50. The molecule has 1 amide bonds. The topological polar surface area (TPSA) is 79.3 Å². The summed E-state index contributed by atoms with van der Waals surface area (Å²) < 4.78 is 0.766. The molecule has 2 saturated carbocycles. The number of rotatable bonds is 7. The van der Waals surface area contributed by atoms with Crippen LogP contribution in [0.4, 0.5) is 5.13 Å². The normalized spacial score (nSPS) is 28.3. The summed E-state index contributed by atoms with van der Waals surface area (Å²) in [5, 5.41) is 16.4. The van der Waals surface area contributed by atoms with Gasteiger partial charge < -0.3 is 5.32 Å². The lowest BCUT2D eigenvalue weighted by atomic mass is 9.70. The van der Waals surface area contributed by atoms with Crippen molar-refractivity contribution in [2.45, 2.75) is 44.4 Å². The molecule has 3 rings (SSSR count). The SMILES string of the molecule is C=CCNc1nnc(SCC(=O)NN=C2CC3CCC2(C)C3(C)C)s1. The Kier molecular flexibility index (Phi) is 5.20. The molecule has 2 bridgehead atoms. The molecule has 0 aromatic carbocycles. The van der Waals surface area contributed by atoms with Crippen molar-refractivity contribution in [1.29, 1.82) is 0 Å². The molecule has 0 aliphatic heterocycles. The lowest BCUT2D eigenvalue weighted by molar-refractivity contribution is -0.118. The number of hydrogen-bond donors (Lipinski definition) is 2. The molecule has 8 heteroatoms. The van der Waals surface area contributed by atoms with E-state index in [1.165, 1.54) is 35.9 Å². The number of thioether (sulfide) groups is 1. The number of nitrogens with zero attached hydrogens (tertiary/aromatic N) is 3. The Morgan fingerprint density at radius 3 is 2.92 bits per heavy atom. The summed E-state index contributed by atoms with van der Waals surface area (Å²) in [6.45, 7) is 11.2. The summed E-state index contributed by atoms with van der Waals surface area (Å²) >= 11 is 2.81. The van der Waals surface area contributed by atoms with Gasteiger partial charge in [-0.25, -0.2) is 5.43 Å². The van der Waals surface area contributed by atoms with Crippen LogP contribution in [0.15, 0.2) is 22.1 Å². The van der Waals surface area contributed by atoms with E-state index < -0.39 is 0 Å². The van der Waals surface area contributed by atoms with Crippen LogP contribution >= 0.6 is 23.1 Å². The number of hydrazone groups is 1. The van der Waals surface area contributed by atoms with Gasteiger partial charge in [0.05, 0.1) is 5.75 Å². The van der Waals surface area contributed by atoms with Crippen LogP contribution in [0.2, 0.25) is 0 Å². The number of aromatic nitrogens is 2. The van der Waals surface area contributed by atoms with E-state index >= 15 is 0 Å². The summed E-state index contributed by atoms with van der Waals surface area (Å²) in [6.07, 6.45) is 5.20. The first-order valence-electron chi connectivity index (χ1n) is 8.54. The van der Waals surface area contributed by atoms with Crippen molar-refractivity contribution >= 4 is 39.8 Å². The fourth-order valence-electron chi connectivity index (χ4n) is 3.89. The predicted octanol–water partition coefficient (Wildman–Crippen LogP) is 3.55. The predicted molar refractivity (Wildman–Crippen MR) is 104 cm³/mol. The second-order valence-electron chi connectivity index (χ2n) is 7.42. The Morgan fingerprint density at radius 1 is 1.48 bits per heavy atom. The molecule has 136 valence electrons. The molecule has 6 nitrogen and oxygen atoms in total. The summed E-state index contributed by atoms with van der Waals surface area (Å²) in [7, 11) is 0. The average molecular weight is 380 g/mol. The van der Waals surface area contributed by atoms with Crippen molar-refractivity contribution in [2.75, 3.05) is 17.6 Å². The number of carbonyl (C=O) groups excluding carboxylic acids is 1. The molecule has 2 fully saturated rings. The van der Waals surface area contributed by atoms with Gasteiger partial charge in [0.1, 0.15) is 0 Å². The highest BCUT2D eigenvalue weighted by Gasteiger charge is 2.59. The molecule has 0 spiro atoms. The van der Waals surface area contributed by atoms with Gasteiger partial charge in [-0.2, -0.15) is 5.10 Å². The lowest BCUT2D eigenvalue weighted by Gasteiger charge is -2.34. The standard InChI is InChI=1S/C17H25N5OS2/c1-5-8-18-14-21-22-15(25-14)24-10-13(23)20-19-12-9-11-6-7-17(12,4)16(11,2)3/h5,11H,1,6-10H2,2-4H3,(H,18,21)(H,20,23). The van der Waals surface area contributed by atoms with Crippen LogP contribution < -0.4 is 10.7 Å². The minimum Gasteiger partial charge on any atom is -0.357 e. The highest BCUT2D eigenvalue weighted by Crippen LogP contribution is 2.63. The Hall–Kier alpha value is -1.41. The quantitative estimate of drug-likeness (QED) is 0.430. The largest absolute Gasteiger partial charge is 0.357 e. The zero-order valence-corrected chi connectivity index (χ0v) is 16.6. The number of amides is 1. The highest BCUT2D eigenvalue weighted by molar-refractivity contribution is 8.01. The molecule has 2 unspecified atom stereocenters. The van der Waals surface area contributed by atoms with Crippen molar-refractivity contribution < 1.29 is 4.79 Å². The van der Waals surface area contributed by atoms with Gasteiger partial charge >= 0.3 is 0 Å². The molecule has 1 aromatic heterocycles. The third-order valence-electron chi connectivity index (χ3n) is 5.96. The zero-order chi connectivity index (χ0) is 18.1. The molecular weight excluding hydrogens is 354 g/mol. The highest BCUT2D eigenvalue weighted by atomic mass is 32.2. The van der Waals surface area contributed by atoms with Gasteiger partial charge in [0.15, 0.2) is 4.34 Å². The third kappa shape index (κ3) is 3.46. The Bertz CT molecular complexity index is 699. The van der Waals surface area contributed by atoms with Crippen molar-refractivity contribution in [1.82, 2.24) is 15.6 Å². The first-order chi connectivity index (χ1) is 11.9. The van der Waals surface area contributed by atoms with E-state index in [1.807, 2.05) is 0 Å². The second-order valence-corrected chi connectivity index (χ2v) is 9.62.